The van der Waals surface area contributed by atoms with Gasteiger partial charge in [-0.3, -0.25) is 4.79 Å². The van der Waals surface area contributed by atoms with Crippen LogP contribution in [0.25, 0.3) is 0 Å². The first-order valence-electron chi connectivity index (χ1n) is 10.3. The topological polar surface area (TPSA) is 76.6 Å². The highest BCUT2D eigenvalue weighted by Crippen LogP contribution is 2.25. The summed E-state index contributed by atoms with van der Waals surface area (Å²) in [6.45, 7) is 5.86. The number of ether oxygens (including phenoxy) is 2. The summed E-state index contributed by atoms with van der Waals surface area (Å²) in [6, 6.07) is 13.6. The van der Waals surface area contributed by atoms with Gasteiger partial charge in [0, 0.05) is 11.9 Å². The van der Waals surface area contributed by atoms with Gasteiger partial charge in [-0.2, -0.15) is 0 Å². The van der Waals surface area contributed by atoms with E-state index in [0.717, 1.165) is 27.8 Å². The number of rotatable bonds is 7. The summed E-state index contributed by atoms with van der Waals surface area (Å²) in [7, 11) is 0. The molecule has 162 valence electrons. The van der Waals surface area contributed by atoms with Crippen LogP contribution in [0.2, 0.25) is 0 Å². The number of carbonyl (C=O) groups excluding carboxylic acids is 1. The zero-order valence-electron chi connectivity index (χ0n) is 17.7. The number of thiazole rings is 1. The molecular formula is C23H26N4O3S. The monoisotopic (exact) mass is 438 g/mol. The van der Waals surface area contributed by atoms with Crippen LogP contribution in [0.4, 0.5) is 10.9 Å². The van der Waals surface area contributed by atoms with E-state index >= 15 is 0 Å². The molecule has 0 radical (unpaired) electrons. The van der Waals surface area contributed by atoms with Crippen LogP contribution in [0.15, 0.2) is 47.8 Å². The molecule has 2 aromatic heterocycles. The van der Waals surface area contributed by atoms with E-state index in [0.29, 0.717) is 38.5 Å². The third-order valence-electron chi connectivity index (χ3n) is 5.04. The van der Waals surface area contributed by atoms with Gasteiger partial charge in [0.25, 0.3) is 0 Å². The zero-order chi connectivity index (χ0) is 21.6. The lowest BCUT2D eigenvalue weighted by Gasteiger charge is -2.33. The molecule has 1 N–H and O–H groups in total. The van der Waals surface area contributed by atoms with Crippen LogP contribution in [0, 0.1) is 13.8 Å². The molecule has 3 aromatic rings. The van der Waals surface area contributed by atoms with Gasteiger partial charge in [-0.15, -0.1) is 11.3 Å². The summed E-state index contributed by atoms with van der Waals surface area (Å²) in [5.41, 5.74) is 2.83. The number of nitrogens with one attached hydrogen (secondary N) is 1. The van der Waals surface area contributed by atoms with Gasteiger partial charge in [0.2, 0.25) is 5.91 Å². The Morgan fingerprint density at radius 2 is 2.10 bits per heavy atom. The Balaban J connectivity index is 1.33. The van der Waals surface area contributed by atoms with Gasteiger partial charge >= 0.3 is 0 Å². The first-order chi connectivity index (χ1) is 15.1. The summed E-state index contributed by atoms with van der Waals surface area (Å²) in [4.78, 5) is 23.6. The van der Waals surface area contributed by atoms with Crippen molar-refractivity contribution >= 4 is 28.2 Å². The molecular weight excluding hydrogens is 412 g/mol. The molecule has 31 heavy (non-hydrogen) atoms. The molecule has 0 aliphatic carbocycles. The molecule has 1 atom stereocenters. The number of hydrogen-bond acceptors (Lipinski definition) is 7. The molecule has 0 bridgehead atoms. The van der Waals surface area contributed by atoms with Crippen LogP contribution in [0.3, 0.4) is 0 Å². The molecule has 1 amide bonds. The van der Waals surface area contributed by atoms with Crippen molar-refractivity contribution < 1.29 is 14.3 Å². The number of nitrogens with zero attached hydrogens (tertiary/aromatic N) is 3. The minimum Gasteiger partial charge on any atom is -0.493 e. The van der Waals surface area contributed by atoms with Crippen molar-refractivity contribution in [3.8, 4) is 5.75 Å². The van der Waals surface area contributed by atoms with E-state index in [9.17, 15) is 4.79 Å². The van der Waals surface area contributed by atoms with Gasteiger partial charge < -0.3 is 19.7 Å². The van der Waals surface area contributed by atoms with Crippen LogP contribution in [-0.4, -0.2) is 47.1 Å². The number of morpholine rings is 1. The van der Waals surface area contributed by atoms with Crippen molar-refractivity contribution in [2.24, 2.45) is 0 Å². The van der Waals surface area contributed by atoms with Crippen molar-refractivity contribution in [1.29, 1.82) is 0 Å². The summed E-state index contributed by atoms with van der Waals surface area (Å²) in [6.07, 6.45) is 0.0780. The Kier molecular flexibility index (Phi) is 6.79. The highest BCUT2D eigenvalue weighted by Gasteiger charge is 2.26. The van der Waals surface area contributed by atoms with Crippen LogP contribution < -0.4 is 10.1 Å². The number of pyridine rings is 1. The van der Waals surface area contributed by atoms with E-state index in [4.69, 9.17) is 9.47 Å². The molecule has 1 fully saturated rings. The van der Waals surface area contributed by atoms with Crippen molar-refractivity contribution in [2.75, 3.05) is 31.6 Å². The normalized spacial score (nSPS) is 16.2. The smallest absolute Gasteiger partial charge is 0.226 e. The van der Waals surface area contributed by atoms with Crippen molar-refractivity contribution in [3.63, 3.8) is 0 Å². The van der Waals surface area contributed by atoms with Gasteiger partial charge in [0.05, 0.1) is 37.6 Å². The molecule has 7 nitrogen and oxygen atoms in total. The van der Waals surface area contributed by atoms with Gasteiger partial charge in [0.1, 0.15) is 17.7 Å². The molecule has 1 aliphatic heterocycles. The average molecular weight is 439 g/mol. The number of benzene rings is 1. The van der Waals surface area contributed by atoms with E-state index in [1.165, 1.54) is 11.3 Å². The summed E-state index contributed by atoms with van der Waals surface area (Å²) >= 11 is 1.54. The van der Waals surface area contributed by atoms with E-state index in [1.807, 2.05) is 66.6 Å². The molecule has 4 rings (SSSR count). The minimum atomic E-state index is -0.255. The zero-order valence-corrected chi connectivity index (χ0v) is 18.5. The lowest BCUT2D eigenvalue weighted by Crippen LogP contribution is -2.42. The van der Waals surface area contributed by atoms with Crippen LogP contribution in [0.1, 0.15) is 29.5 Å². The molecule has 0 saturated carbocycles. The molecule has 3 heterocycles. The summed E-state index contributed by atoms with van der Waals surface area (Å²) in [5, 5.41) is 6.02. The number of anilines is 2. The van der Waals surface area contributed by atoms with Crippen molar-refractivity contribution in [1.82, 2.24) is 14.9 Å². The van der Waals surface area contributed by atoms with E-state index in [-0.39, 0.29) is 12.0 Å². The van der Waals surface area contributed by atoms with Crippen molar-refractivity contribution in [3.05, 3.63) is 64.8 Å². The third kappa shape index (κ3) is 5.59. The molecule has 1 aliphatic rings. The Hall–Kier alpha value is -2.97. The predicted octanol–water partition coefficient (Wildman–Crippen LogP) is 4.27. The lowest BCUT2D eigenvalue weighted by molar-refractivity contribution is -0.139. The van der Waals surface area contributed by atoms with Gasteiger partial charge in [-0.05, 0) is 37.6 Å². The number of hydrogen-bond donors (Lipinski definition) is 1. The first kappa shape index (κ1) is 21.3. The molecule has 8 heteroatoms. The Morgan fingerprint density at radius 3 is 2.90 bits per heavy atom. The van der Waals surface area contributed by atoms with Crippen LogP contribution in [-0.2, 0) is 9.53 Å². The molecule has 0 spiro atoms. The highest BCUT2D eigenvalue weighted by atomic mass is 32.1. The van der Waals surface area contributed by atoms with Crippen LogP contribution in [0.5, 0.6) is 5.75 Å². The average Bonchev–Trinajstić information content (AvgIpc) is 3.19. The Morgan fingerprint density at radius 1 is 1.23 bits per heavy atom. The molecule has 0 unspecified atom stereocenters. The number of amides is 1. The number of aryl methyl sites for hydroxylation is 2. The maximum atomic E-state index is 12.7. The van der Waals surface area contributed by atoms with Crippen molar-refractivity contribution in [2.45, 2.75) is 26.4 Å². The molecule has 1 aromatic carbocycles. The Bertz CT molecular complexity index is 1040. The van der Waals surface area contributed by atoms with E-state index in [2.05, 4.69) is 15.3 Å². The quantitative estimate of drug-likeness (QED) is 0.594. The fraction of sp³-hybridized carbons (Fsp3) is 0.348. The second kappa shape index (κ2) is 9.89. The van der Waals surface area contributed by atoms with Crippen LogP contribution >= 0.6 is 11.3 Å². The van der Waals surface area contributed by atoms with Gasteiger partial charge in [-0.25, -0.2) is 9.97 Å². The largest absolute Gasteiger partial charge is 0.493 e. The standard InChI is InChI=1S/C23H26N4O3S/c1-16-6-3-4-8-19(16)29-12-10-22(28)27-11-13-30-20(14-27)18-7-5-9-21(25-18)26-23-24-17(2)15-31-23/h3-9,15,20H,10-14H2,1-2H3,(H,24,25,26)/t20-/m0/s1. The Labute approximate surface area is 186 Å². The van der Waals surface area contributed by atoms with E-state index in [1.54, 1.807) is 0 Å². The van der Waals surface area contributed by atoms with E-state index < -0.39 is 0 Å². The summed E-state index contributed by atoms with van der Waals surface area (Å²) < 4.78 is 11.7. The second-order valence-corrected chi connectivity index (χ2v) is 8.29. The first-order valence-corrected chi connectivity index (χ1v) is 11.2. The fourth-order valence-electron chi connectivity index (χ4n) is 3.40. The number of carbonyl (C=O) groups is 1. The fourth-order valence-corrected chi connectivity index (χ4v) is 4.10. The maximum absolute atomic E-state index is 12.7. The minimum absolute atomic E-state index is 0.0643. The number of para-hydroxylation sites is 1. The predicted molar refractivity (Wildman–Crippen MR) is 121 cm³/mol. The lowest BCUT2D eigenvalue weighted by atomic mass is 10.1. The molecule has 1 saturated heterocycles. The van der Waals surface area contributed by atoms with Gasteiger partial charge in [-0.1, -0.05) is 24.3 Å². The second-order valence-electron chi connectivity index (χ2n) is 7.43. The third-order valence-corrected chi connectivity index (χ3v) is 5.92. The summed E-state index contributed by atoms with van der Waals surface area (Å²) in [5.74, 6) is 1.60. The number of aromatic nitrogens is 2. The maximum Gasteiger partial charge on any atom is 0.226 e. The highest BCUT2D eigenvalue weighted by molar-refractivity contribution is 7.13. The van der Waals surface area contributed by atoms with Gasteiger partial charge in [0.15, 0.2) is 5.13 Å². The SMILES string of the molecule is Cc1csc(Nc2cccc([C@@H]3CN(C(=O)CCOc4ccccc4C)CCO3)n2)n1.